The molecule has 0 unspecified atom stereocenters. The van der Waals surface area contributed by atoms with E-state index in [1.807, 2.05) is 54.0 Å². The fourth-order valence-electron chi connectivity index (χ4n) is 3.24. The second kappa shape index (κ2) is 7.20. The number of fused-ring (bicyclic) bond motifs is 1. The zero-order chi connectivity index (χ0) is 20.5. The zero-order valence-corrected chi connectivity index (χ0v) is 15.9. The molecule has 2 heterocycles. The third-order valence-electron chi connectivity index (χ3n) is 4.80. The SMILES string of the molecule is Cc1ccc(C(=O)Nc2ccccc2-c2cn3cccc(C)c3n2)cc1[N+](=O)[O-]. The van der Waals surface area contributed by atoms with E-state index >= 15 is 0 Å². The average Bonchev–Trinajstić information content (AvgIpc) is 3.14. The smallest absolute Gasteiger partial charge is 0.273 e. The Hall–Kier alpha value is -4.00. The van der Waals surface area contributed by atoms with Crippen molar-refractivity contribution in [2.75, 3.05) is 5.32 Å². The molecule has 0 radical (unpaired) electrons. The van der Waals surface area contributed by atoms with E-state index < -0.39 is 10.8 Å². The van der Waals surface area contributed by atoms with Crippen LogP contribution in [0, 0.1) is 24.0 Å². The quantitative estimate of drug-likeness (QED) is 0.404. The van der Waals surface area contributed by atoms with Gasteiger partial charge in [0.15, 0.2) is 0 Å². The fourth-order valence-corrected chi connectivity index (χ4v) is 3.24. The summed E-state index contributed by atoms with van der Waals surface area (Å²) in [5.41, 5.74) is 4.62. The van der Waals surface area contributed by atoms with Crippen molar-refractivity contribution in [3.8, 4) is 11.3 Å². The summed E-state index contributed by atoms with van der Waals surface area (Å²) >= 11 is 0. The largest absolute Gasteiger partial charge is 0.321 e. The molecule has 0 aliphatic heterocycles. The van der Waals surface area contributed by atoms with Gasteiger partial charge < -0.3 is 9.72 Å². The van der Waals surface area contributed by atoms with E-state index in [9.17, 15) is 14.9 Å². The van der Waals surface area contributed by atoms with Gasteiger partial charge in [-0.1, -0.05) is 30.3 Å². The van der Waals surface area contributed by atoms with E-state index in [1.54, 1.807) is 25.1 Å². The molecule has 144 valence electrons. The lowest BCUT2D eigenvalue weighted by molar-refractivity contribution is -0.385. The lowest BCUT2D eigenvalue weighted by Crippen LogP contribution is -2.13. The van der Waals surface area contributed by atoms with Crippen LogP contribution in [0.2, 0.25) is 0 Å². The summed E-state index contributed by atoms with van der Waals surface area (Å²) in [5.74, 6) is -0.416. The average molecular weight is 386 g/mol. The van der Waals surface area contributed by atoms with Gasteiger partial charge in [0.1, 0.15) is 5.65 Å². The number of carbonyl (C=O) groups excluding carboxylic acids is 1. The van der Waals surface area contributed by atoms with E-state index in [2.05, 4.69) is 5.32 Å². The van der Waals surface area contributed by atoms with Crippen molar-refractivity contribution in [3.05, 3.63) is 93.8 Å². The van der Waals surface area contributed by atoms with Crippen molar-refractivity contribution < 1.29 is 9.72 Å². The normalized spacial score (nSPS) is 10.8. The molecule has 0 fully saturated rings. The van der Waals surface area contributed by atoms with Crippen LogP contribution in [0.4, 0.5) is 11.4 Å². The number of nitro groups is 1. The Morgan fingerprint density at radius 2 is 1.86 bits per heavy atom. The predicted molar refractivity (Wildman–Crippen MR) is 111 cm³/mol. The summed E-state index contributed by atoms with van der Waals surface area (Å²) in [6.45, 7) is 3.63. The molecule has 4 rings (SSSR count). The number of hydrogen-bond acceptors (Lipinski definition) is 4. The molecular formula is C22H18N4O3. The van der Waals surface area contributed by atoms with Crippen LogP contribution in [0.1, 0.15) is 21.5 Å². The first-order valence-electron chi connectivity index (χ1n) is 9.04. The topological polar surface area (TPSA) is 89.5 Å². The summed E-state index contributed by atoms with van der Waals surface area (Å²) in [6.07, 6.45) is 3.83. The number of amides is 1. The van der Waals surface area contributed by atoms with Crippen LogP contribution in [0.3, 0.4) is 0 Å². The number of pyridine rings is 1. The first-order chi connectivity index (χ1) is 13.9. The number of carbonyl (C=O) groups is 1. The van der Waals surface area contributed by atoms with E-state index in [-0.39, 0.29) is 11.3 Å². The molecule has 7 heteroatoms. The van der Waals surface area contributed by atoms with Gasteiger partial charge in [-0.15, -0.1) is 0 Å². The molecular weight excluding hydrogens is 368 g/mol. The van der Waals surface area contributed by atoms with Gasteiger partial charge in [0, 0.05) is 35.2 Å². The number of rotatable bonds is 4. The molecule has 0 atom stereocenters. The Morgan fingerprint density at radius 3 is 2.62 bits per heavy atom. The number of hydrogen-bond donors (Lipinski definition) is 1. The van der Waals surface area contributed by atoms with Crippen molar-refractivity contribution >= 4 is 22.9 Å². The van der Waals surface area contributed by atoms with E-state index in [1.165, 1.54) is 6.07 Å². The van der Waals surface area contributed by atoms with Crippen molar-refractivity contribution in [1.82, 2.24) is 9.38 Å². The second-order valence-corrected chi connectivity index (χ2v) is 6.81. The van der Waals surface area contributed by atoms with Crippen molar-refractivity contribution in [2.24, 2.45) is 0 Å². The Morgan fingerprint density at radius 1 is 1.07 bits per heavy atom. The monoisotopic (exact) mass is 386 g/mol. The van der Waals surface area contributed by atoms with Crippen LogP contribution in [0.25, 0.3) is 16.9 Å². The number of nitrogens with zero attached hydrogens (tertiary/aromatic N) is 3. The van der Waals surface area contributed by atoms with Gasteiger partial charge >= 0.3 is 0 Å². The third-order valence-corrected chi connectivity index (χ3v) is 4.80. The van der Waals surface area contributed by atoms with Crippen LogP contribution in [0.5, 0.6) is 0 Å². The number of nitrogens with one attached hydrogen (secondary N) is 1. The molecule has 0 saturated carbocycles. The summed E-state index contributed by atoms with van der Waals surface area (Å²) in [7, 11) is 0. The van der Waals surface area contributed by atoms with Crippen LogP contribution in [0.15, 0.2) is 67.0 Å². The van der Waals surface area contributed by atoms with Crippen LogP contribution in [-0.4, -0.2) is 20.2 Å². The summed E-state index contributed by atoms with van der Waals surface area (Å²) in [6, 6.07) is 15.7. The molecule has 29 heavy (non-hydrogen) atoms. The van der Waals surface area contributed by atoms with Gasteiger partial charge in [-0.05, 0) is 37.6 Å². The fraction of sp³-hybridized carbons (Fsp3) is 0.0909. The van der Waals surface area contributed by atoms with Crippen molar-refractivity contribution in [3.63, 3.8) is 0 Å². The van der Waals surface area contributed by atoms with E-state index in [0.717, 1.165) is 22.5 Å². The van der Waals surface area contributed by atoms with Gasteiger partial charge in [-0.2, -0.15) is 0 Å². The van der Waals surface area contributed by atoms with Gasteiger partial charge in [0.05, 0.1) is 16.3 Å². The van der Waals surface area contributed by atoms with Gasteiger partial charge in [0.2, 0.25) is 0 Å². The van der Waals surface area contributed by atoms with Crippen molar-refractivity contribution in [1.29, 1.82) is 0 Å². The minimum absolute atomic E-state index is 0.0817. The van der Waals surface area contributed by atoms with Crippen LogP contribution >= 0.6 is 0 Å². The summed E-state index contributed by atoms with van der Waals surface area (Å²) < 4.78 is 1.94. The highest BCUT2D eigenvalue weighted by molar-refractivity contribution is 6.06. The number of imidazole rings is 1. The van der Waals surface area contributed by atoms with E-state index in [0.29, 0.717) is 11.3 Å². The molecule has 0 aliphatic rings. The second-order valence-electron chi connectivity index (χ2n) is 6.81. The molecule has 2 aromatic heterocycles. The highest BCUT2D eigenvalue weighted by Gasteiger charge is 2.17. The van der Waals surface area contributed by atoms with Gasteiger partial charge in [-0.25, -0.2) is 4.98 Å². The molecule has 2 aromatic carbocycles. The highest BCUT2D eigenvalue weighted by Crippen LogP contribution is 2.29. The maximum atomic E-state index is 12.8. The maximum absolute atomic E-state index is 12.8. The maximum Gasteiger partial charge on any atom is 0.273 e. The molecule has 4 aromatic rings. The first-order valence-corrected chi connectivity index (χ1v) is 9.04. The van der Waals surface area contributed by atoms with Crippen LogP contribution in [-0.2, 0) is 0 Å². The summed E-state index contributed by atoms with van der Waals surface area (Å²) in [5, 5.41) is 14.0. The lowest BCUT2D eigenvalue weighted by Gasteiger charge is -2.10. The number of aryl methyl sites for hydroxylation is 2. The lowest BCUT2D eigenvalue weighted by atomic mass is 10.1. The predicted octanol–water partition coefficient (Wildman–Crippen LogP) is 4.78. The number of para-hydroxylation sites is 1. The molecule has 1 amide bonds. The molecule has 0 saturated heterocycles. The Labute approximate surface area is 166 Å². The molecule has 7 nitrogen and oxygen atoms in total. The van der Waals surface area contributed by atoms with Crippen LogP contribution < -0.4 is 5.32 Å². The standard InChI is InChI=1S/C22H18N4O3/c1-14-9-10-16(12-20(14)26(28)29)22(27)24-18-8-4-3-7-17(18)19-13-25-11-5-6-15(2)21(25)23-19/h3-13H,1-2H3,(H,24,27). The number of benzene rings is 2. The Balaban J connectivity index is 1.70. The minimum Gasteiger partial charge on any atom is -0.321 e. The molecule has 0 bridgehead atoms. The van der Waals surface area contributed by atoms with Gasteiger partial charge in [-0.3, -0.25) is 14.9 Å². The number of aromatic nitrogens is 2. The first kappa shape index (κ1) is 18.4. The van der Waals surface area contributed by atoms with Gasteiger partial charge in [0.25, 0.3) is 11.6 Å². The van der Waals surface area contributed by atoms with E-state index in [4.69, 9.17) is 4.98 Å². The molecule has 0 aliphatic carbocycles. The molecule has 1 N–H and O–H groups in total. The minimum atomic E-state index is -0.487. The summed E-state index contributed by atoms with van der Waals surface area (Å²) in [4.78, 5) is 28.1. The zero-order valence-electron chi connectivity index (χ0n) is 15.9. The number of anilines is 1. The number of nitro benzene ring substituents is 1. The van der Waals surface area contributed by atoms with Crippen molar-refractivity contribution in [2.45, 2.75) is 13.8 Å². The Bertz CT molecular complexity index is 1260. The molecule has 0 spiro atoms. The third kappa shape index (κ3) is 3.45. The Kier molecular flexibility index (Phi) is 4.56. The highest BCUT2D eigenvalue weighted by atomic mass is 16.6.